The predicted molar refractivity (Wildman–Crippen MR) is 67.2 cm³/mol. The molecule has 0 amide bonds. The third-order valence-corrected chi connectivity index (χ3v) is 2.86. The maximum absolute atomic E-state index is 13.1. The van der Waals surface area contributed by atoms with E-state index < -0.39 is 11.8 Å². The van der Waals surface area contributed by atoms with Gasteiger partial charge in [-0.05, 0) is 18.4 Å². The van der Waals surface area contributed by atoms with Crippen LogP contribution in [-0.2, 0) is 0 Å². The molecule has 0 radical (unpaired) electrons. The SMILES string of the molecule is CSc1cc(Oc2cc(F)ccc2C(=O)O)ncn1. The molecule has 0 saturated heterocycles. The Hall–Kier alpha value is -2.15. The van der Waals surface area contributed by atoms with Gasteiger partial charge in [0.05, 0.1) is 0 Å². The highest BCUT2D eigenvalue weighted by Gasteiger charge is 2.13. The van der Waals surface area contributed by atoms with Crippen molar-refractivity contribution in [3.05, 3.63) is 42.0 Å². The van der Waals surface area contributed by atoms with Gasteiger partial charge >= 0.3 is 5.97 Å². The van der Waals surface area contributed by atoms with Crippen LogP contribution in [0.2, 0.25) is 0 Å². The van der Waals surface area contributed by atoms with E-state index in [0.29, 0.717) is 5.03 Å². The Balaban J connectivity index is 2.36. The average molecular weight is 280 g/mol. The molecule has 19 heavy (non-hydrogen) atoms. The number of thioether (sulfide) groups is 1. The second-order valence-electron chi connectivity index (χ2n) is 3.45. The fourth-order valence-electron chi connectivity index (χ4n) is 1.36. The van der Waals surface area contributed by atoms with Crippen LogP contribution in [-0.4, -0.2) is 27.3 Å². The first-order valence-corrected chi connectivity index (χ1v) is 6.39. The summed E-state index contributed by atoms with van der Waals surface area (Å²) in [7, 11) is 0. The molecular weight excluding hydrogens is 271 g/mol. The molecule has 0 unspecified atom stereocenters. The van der Waals surface area contributed by atoms with E-state index in [2.05, 4.69) is 9.97 Å². The molecule has 1 aromatic carbocycles. The van der Waals surface area contributed by atoms with Crippen LogP contribution in [0.3, 0.4) is 0 Å². The summed E-state index contributed by atoms with van der Waals surface area (Å²) in [6.07, 6.45) is 3.12. The highest BCUT2D eigenvalue weighted by atomic mass is 32.2. The fourth-order valence-corrected chi connectivity index (χ4v) is 1.73. The zero-order valence-electron chi connectivity index (χ0n) is 9.83. The van der Waals surface area contributed by atoms with E-state index in [1.165, 1.54) is 18.1 Å². The lowest BCUT2D eigenvalue weighted by atomic mass is 10.2. The number of nitrogens with zero attached hydrogens (tertiary/aromatic N) is 2. The van der Waals surface area contributed by atoms with E-state index in [1.807, 2.05) is 6.26 Å². The molecule has 1 N–H and O–H groups in total. The molecule has 98 valence electrons. The van der Waals surface area contributed by atoms with Gasteiger partial charge in [-0.2, -0.15) is 0 Å². The predicted octanol–water partition coefficient (Wildman–Crippen LogP) is 2.83. The van der Waals surface area contributed by atoms with Crippen LogP contribution < -0.4 is 4.74 Å². The van der Waals surface area contributed by atoms with Gasteiger partial charge in [0.25, 0.3) is 0 Å². The molecule has 2 rings (SSSR count). The number of ether oxygens (including phenoxy) is 1. The summed E-state index contributed by atoms with van der Waals surface area (Å²) in [6, 6.07) is 4.75. The van der Waals surface area contributed by atoms with Crippen LogP contribution in [0.4, 0.5) is 4.39 Å². The number of rotatable bonds is 4. The van der Waals surface area contributed by atoms with Crippen molar-refractivity contribution < 1.29 is 19.0 Å². The van der Waals surface area contributed by atoms with Crippen molar-refractivity contribution in [1.29, 1.82) is 0 Å². The van der Waals surface area contributed by atoms with Crippen molar-refractivity contribution in [1.82, 2.24) is 9.97 Å². The number of hydrogen-bond acceptors (Lipinski definition) is 5. The van der Waals surface area contributed by atoms with E-state index in [4.69, 9.17) is 9.84 Å². The molecule has 0 aliphatic rings. The Morgan fingerprint density at radius 2 is 2.16 bits per heavy atom. The number of aromatic nitrogens is 2. The number of hydrogen-bond donors (Lipinski definition) is 1. The van der Waals surface area contributed by atoms with Crippen molar-refractivity contribution in [3.8, 4) is 11.6 Å². The van der Waals surface area contributed by atoms with E-state index in [1.54, 1.807) is 6.07 Å². The smallest absolute Gasteiger partial charge is 0.339 e. The Kier molecular flexibility index (Phi) is 3.96. The summed E-state index contributed by atoms with van der Waals surface area (Å²) < 4.78 is 18.5. The van der Waals surface area contributed by atoms with E-state index in [-0.39, 0.29) is 17.2 Å². The number of halogens is 1. The third kappa shape index (κ3) is 3.19. The van der Waals surface area contributed by atoms with Crippen molar-refractivity contribution in [3.63, 3.8) is 0 Å². The highest BCUT2D eigenvalue weighted by molar-refractivity contribution is 7.98. The molecule has 5 nitrogen and oxygen atoms in total. The van der Waals surface area contributed by atoms with Gasteiger partial charge in [-0.25, -0.2) is 19.2 Å². The minimum Gasteiger partial charge on any atom is -0.478 e. The molecule has 2 aromatic rings. The van der Waals surface area contributed by atoms with Gasteiger partial charge in [0, 0.05) is 12.1 Å². The third-order valence-electron chi connectivity index (χ3n) is 2.21. The molecule has 0 aliphatic carbocycles. The van der Waals surface area contributed by atoms with Gasteiger partial charge in [0.2, 0.25) is 5.88 Å². The Morgan fingerprint density at radius 3 is 2.84 bits per heavy atom. The second kappa shape index (κ2) is 5.66. The summed E-state index contributed by atoms with van der Waals surface area (Å²) in [5.41, 5.74) is -0.134. The van der Waals surface area contributed by atoms with Crippen LogP contribution in [0, 0.1) is 5.82 Å². The molecular formula is C12H9FN2O3S. The minimum absolute atomic E-state index is 0.0988. The largest absolute Gasteiger partial charge is 0.478 e. The van der Waals surface area contributed by atoms with Crippen LogP contribution in [0.25, 0.3) is 0 Å². The Morgan fingerprint density at radius 1 is 1.37 bits per heavy atom. The van der Waals surface area contributed by atoms with Crippen LogP contribution in [0.1, 0.15) is 10.4 Å². The molecule has 0 bridgehead atoms. The van der Waals surface area contributed by atoms with Gasteiger partial charge in [-0.15, -0.1) is 11.8 Å². The van der Waals surface area contributed by atoms with Crippen molar-refractivity contribution >= 4 is 17.7 Å². The van der Waals surface area contributed by atoms with Crippen LogP contribution in [0.5, 0.6) is 11.6 Å². The molecule has 0 spiro atoms. The van der Waals surface area contributed by atoms with E-state index in [0.717, 1.165) is 18.2 Å². The molecule has 1 aromatic heterocycles. The van der Waals surface area contributed by atoms with Gasteiger partial charge in [0.15, 0.2) is 0 Å². The van der Waals surface area contributed by atoms with Gasteiger partial charge in [-0.3, -0.25) is 0 Å². The molecule has 1 heterocycles. The van der Waals surface area contributed by atoms with Gasteiger partial charge < -0.3 is 9.84 Å². The van der Waals surface area contributed by atoms with Gasteiger partial charge in [0.1, 0.15) is 28.5 Å². The first-order chi connectivity index (χ1) is 9.10. The Bertz CT molecular complexity index is 622. The number of carboxylic acid groups (broad SMARTS) is 1. The van der Waals surface area contributed by atoms with Crippen molar-refractivity contribution in [2.24, 2.45) is 0 Å². The zero-order valence-corrected chi connectivity index (χ0v) is 10.6. The molecule has 7 heteroatoms. The Labute approximate surface area is 112 Å². The van der Waals surface area contributed by atoms with Crippen molar-refractivity contribution in [2.45, 2.75) is 5.03 Å². The van der Waals surface area contributed by atoms with Gasteiger partial charge in [-0.1, -0.05) is 0 Å². The molecule has 0 saturated carbocycles. The standard InChI is InChI=1S/C12H9FN2O3S/c1-19-11-5-10(14-6-15-11)18-9-4-7(13)2-3-8(9)12(16)17/h2-6H,1H3,(H,16,17). The summed E-state index contributed by atoms with van der Waals surface area (Å²) in [6.45, 7) is 0. The summed E-state index contributed by atoms with van der Waals surface area (Å²) >= 11 is 1.39. The summed E-state index contributed by atoms with van der Waals surface area (Å²) in [4.78, 5) is 18.8. The first-order valence-electron chi connectivity index (χ1n) is 5.17. The first kappa shape index (κ1) is 13.3. The molecule has 0 aliphatic heterocycles. The van der Waals surface area contributed by atoms with Crippen molar-refractivity contribution in [2.75, 3.05) is 6.26 Å². The fraction of sp³-hybridized carbons (Fsp3) is 0.0833. The summed E-state index contributed by atoms with van der Waals surface area (Å²) in [5, 5.41) is 9.66. The number of benzene rings is 1. The van der Waals surface area contributed by atoms with E-state index >= 15 is 0 Å². The zero-order chi connectivity index (χ0) is 13.8. The molecule has 0 atom stereocenters. The average Bonchev–Trinajstić information content (AvgIpc) is 2.38. The number of carbonyl (C=O) groups is 1. The highest BCUT2D eigenvalue weighted by Crippen LogP contribution is 2.26. The lowest BCUT2D eigenvalue weighted by Gasteiger charge is -2.08. The van der Waals surface area contributed by atoms with Crippen LogP contribution >= 0.6 is 11.8 Å². The summed E-state index contributed by atoms with van der Waals surface area (Å²) in [5.74, 6) is -1.72. The second-order valence-corrected chi connectivity index (χ2v) is 4.27. The van der Waals surface area contributed by atoms with E-state index in [9.17, 15) is 9.18 Å². The maximum atomic E-state index is 13.1. The van der Waals surface area contributed by atoms with Crippen LogP contribution in [0.15, 0.2) is 35.6 Å². The lowest BCUT2D eigenvalue weighted by molar-refractivity contribution is 0.0694. The maximum Gasteiger partial charge on any atom is 0.339 e. The quantitative estimate of drug-likeness (QED) is 0.686. The minimum atomic E-state index is -1.20. The lowest BCUT2D eigenvalue weighted by Crippen LogP contribution is -2.01. The topological polar surface area (TPSA) is 72.3 Å². The normalized spacial score (nSPS) is 10.2. The molecule has 0 fully saturated rings. The number of carboxylic acids is 1. The monoisotopic (exact) mass is 280 g/mol. The number of aromatic carboxylic acids is 1.